The Balaban J connectivity index is 0.00000161. The molecule has 1 saturated carbocycles. The van der Waals surface area contributed by atoms with Crippen LogP contribution in [0.2, 0.25) is 0 Å². The molecule has 0 aromatic carbocycles. The molecular formula is C16H30ClN3O. The largest absolute Gasteiger partial charge is 0.341 e. The van der Waals surface area contributed by atoms with Crippen LogP contribution in [0, 0.1) is 11.8 Å². The van der Waals surface area contributed by atoms with Crippen LogP contribution in [0.3, 0.4) is 0 Å². The van der Waals surface area contributed by atoms with Gasteiger partial charge >= 0.3 is 0 Å². The molecule has 4 unspecified atom stereocenters. The quantitative estimate of drug-likeness (QED) is 0.846. The van der Waals surface area contributed by atoms with Crippen molar-refractivity contribution in [2.45, 2.75) is 57.5 Å². The Hall–Kier alpha value is -0.320. The number of hydrogen-bond donors (Lipinski definition) is 1. The van der Waals surface area contributed by atoms with Crippen LogP contribution in [-0.2, 0) is 4.79 Å². The van der Waals surface area contributed by atoms with Gasteiger partial charge in [-0.25, -0.2) is 0 Å². The van der Waals surface area contributed by atoms with Crippen molar-refractivity contribution in [2.75, 3.05) is 26.2 Å². The van der Waals surface area contributed by atoms with Crippen molar-refractivity contribution in [3.8, 4) is 0 Å². The number of amides is 1. The van der Waals surface area contributed by atoms with Gasteiger partial charge in [0.15, 0.2) is 0 Å². The lowest BCUT2D eigenvalue weighted by atomic mass is 9.98. The van der Waals surface area contributed by atoms with E-state index in [2.05, 4.69) is 16.7 Å². The molecule has 2 N–H and O–H groups in total. The van der Waals surface area contributed by atoms with Crippen molar-refractivity contribution in [3.63, 3.8) is 0 Å². The molecule has 3 rings (SSSR count). The van der Waals surface area contributed by atoms with Crippen LogP contribution < -0.4 is 5.73 Å². The first-order chi connectivity index (χ1) is 9.66. The second kappa shape index (κ2) is 7.30. The highest BCUT2D eigenvalue weighted by molar-refractivity contribution is 5.85. The van der Waals surface area contributed by atoms with Crippen molar-refractivity contribution in [1.29, 1.82) is 0 Å². The summed E-state index contributed by atoms with van der Waals surface area (Å²) in [6.07, 6.45) is 7.34. The van der Waals surface area contributed by atoms with Crippen LogP contribution in [0.25, 0.3) is 0 Å². The SMILES string of the molecule is CC(C(=O)N1CCCCCC1)N1CC2CCC(N)C2C1.Cl. The second-order valence-corrected chi connectivity index (χ2v) is 7.03. The fourth-order valence-corrected chi connectivity index (χ4v) is 4.37. The molecule has 1 amide bonds. The van der Waals surface area contributed by atoms with E-state index in [9.17, 15) is 4.79 Å². The van der Waals surface area contributed by atoms with Gasteiger partial charge in [-0.1, -0.05) is 12.8 Å². The molecule has 0 bridgehead atoms. The van der Waals surface area contributed by atoms with Crippen molar-refractivity contribution in [2.24, 2.45) is 17.6 Å². The molecule has 0 aromatic rings. The van der Waals surface area contributed by atoms with Gasteiger partial charge in [0, 0.05) is 32.2 Å². The van der Waals surface area contributed by atoms with E-state index in [1.165, 1.54) is 38.5 Å². The fraction of sp³-hybridized carbons (Fsp3) is 0.938. The van der Waals surface area contributed by atoms with Crippen molar-refractivity contribution in [1.82, 2.24) is 9.80 Å². The number of fused-ring (bicyclic) bond motifs is 1. The number of halogens is 1. The maximum atomic E-state index is 12.7. The fourth-order valence-electron chi connectivity index (χ4n) is 4.37. The molecule has 2 saturated heterocycles. The van der Waals surface area contributed by atoms with Gasteiger partial charge < -0.3 is 10.6 Å². The zero-order valence-corrected chi connectivity index (χ0v) is 14.0. The molecule has 5 heteroatoms. The van der Waals surface area contributed by atoms with Gasteiger partial charge in [-0.3, -0.25) is 9.69 Å². The minimum atomic E-state index is 0. The number of nitrogens with two attached hydrogens (primary N) is 1. The Kier molecular flexibility index (Phi) is 5.92. The lowest BCUT2D eigenvalue weighted by molar-refractivity contribution is -0.136. The number of carbonyl (C=O) groups excluding carboxylic acids is 1. The summed E-state index contributed by atoms with van der Waals surface area (Å²) in [5.74, 6) is 1.72. The first-order valence-corrected chi connectivity index (χ1v) is 8.45. The molecule has 4 atom stereocenters. The predicted molar refractivity (Wildman–Crippen MR) is 87.5 cm³/mol. The van der Waals surface area contributed by atoms with Crippen LogP contribution in [-0.4, -0.2) is 54.0 Å². The van der Waals surface area contributed by atoms with Gasteiger partial charge in [0.2, 0.25) is 5.91 Å². The van der Waals surface area contributed by atoms with Crippen LogP contribution in [0.15, 0.2) is 0 Å². The van der Waals surface area contributed by atoms with Gasteiger partial charge in [0.05, 0.1) is 6.04 Å². The average molecular weight is 316 g/mol. The molecule has 3 aliphatic rings. The maximum absolute atomic E-state index is 12.7. The Morgan fingerprint density at radius 1 is 1.10 bits per heavy atom. The maximum Gasteiger partial charge on any atom is 0.239 e. The van der Waals surface area contributed by atoms with E-state index < -0.39 is 0 Å². The number of nitrogens with zero attached hydrogens (tertiary/aromatic N) is 2. The molecule has 0 spiro atoms. The van der Waals surface area contributed by atoms with Gasteiger partial charge in [-0.15, -0.1) is 12.4 Å². The van der Waals surface area contributed by atoms with E-state index in [4.69, 9.17) is 5.73 Å². The van der Waals surface area contributed by atoms with E-state index in [1.54, 1.807) is 0 Å². The molecule has 0 aromatic heterocycles. The number of rotatable bonds is 2. The molecule has 3 fully saturated rings. The zero-order chi connectivity index (χ0) is 14.1. The standard InChI is InChI=1S/C16H29N3O.ClH/c1-12(16(20)18-8-4-2-3-5-9-18)19-10-13-6-7-15(17)14(13)11-19;/h12-15H,2-11,17H2,1H3;1H. The Morgan fingerprint density at radius 3 is 2.38 bits per heavy atom. The first-order valence-electron chi connectivity index (χ1n) is 8.45. The first kappa shape index (κ1) is 17.0. The molecule has 0 radical (unpaired) electrons. The third kappa shape index (κ3) is 3.54. The van der Waals surface area contributed by atoms with Crippen molar-refractivity contribution >= 4 is 18.3 Å². The van der Waals surface area contributed by atoms with E-state index in [0.717, 1.165) is 32.1 Å². The third-order valence-corrected chi connectivity index (χ3v) is 5.76. The van der Waals surface area contributed by atoms with Crippen LogP contribution in [0.4, 0.5) is 0 Å². The molecule has 2 aliphatic heterocycles. The molecule has 2 heterocycles. The van der Waals surface area contributed by atoms with E-state index in [0.29, 0.717) is 17.9 Å². The topological polar surface area (TPSA) is 49.6 Å². The number of carbonyl (C=O) groups is 1. The lowest BCUT2D eigenvalue weighted by Crippen LogP contribution is -2.47. The van der Waals surface area contributed by atoms with E-state index >= 15 is 0 Å². The van der Waals surface area contributed by atoms with Crippen molar-refractivity contribution in [3.05, 3.63) is 0 Å². The summed E-state index contributed by atoms with van der Waals surface area (Å²) < 4.78 is 0. The Morgan fingerprint density at radius 2 is 1.76 bits per heavy atom. The van der Waals surface area contributed by atoms with Gasteiger partial charge in [0.25, 0.3) is 0 Å². The third-order valence-electron chi connectivity index (χ3n) is 5.76. The summed E-state index contributed by atoms with van der Waals surface area (Å²) in [5, 5.41) is 0. The van der Waals surface area contributed by atoms with Crippen LogP contribution in [0.1, 0.15) is 45.4 Å². The lowest BCUT2D eigenvalue weighted by Gasteiger charge is -2.30. The number of likely N-dealkylation sites (tertiary alicyclic amines) is 2. The smallest absolute Gasteiger partial charge is 0.239 e. The highest BCUT2D eigenvalue weighted by Crippen LogP contribution is 2.38. The minimum absolute atomic E-state index is 0. The Bertz CT molecular complexity index is 357. The molecule has 122 valence electrons. The molecule has 21 heavy (non-hydrogen) atoms. The second-order valence-electron chi connectivity index (χ2n) is 7.03. The molecule has 4 nitrogen and oxygen atoms in total. The predicted octanol–water partition coefficient (Wildman–Crippen LogP) is 1.87. The normalized spacial score (nSPS) is 35.0. The van der Waals surface area contributed by atoms with Crippen LogP contribution >= 0.6 is 12.4 Å². The van der Waals surface area contributed by atoms with Gasteiger partial charge in [0.1, 0.15) is 0 Å². The highest BCUT2D eigenvalue weighted by atomic mass is 35.5. The van der Waals surface area contributed by atoms with Crippen molar-refractivity contribution < 1.29 is 4.79 Å². The molecule has 1 aliphatic carbocycles. The minimum Gasteiger partial charge on any atom is -0.341 e. The van der Waals surface area contributed by atoms with Gasteiger partial charge in [-0.2, -0.15) is 0 Å². The van der Waals surface area contributed by atoms with Gasteiger partial charge in [-0.05, 0) is 44.4 Å². The number of hydrogen-bond acceptors (Lipinski definition) is 3. The summed E-state index contributed by atoms with van der Waals surface area (Å²) in [6, 6.07) is 0.413. The monoisotopic (exact) mass is 315 g/mol. The zero-order valence-electron chi connectivity index (χ0n) is 13.2. The summed E-state index contributed by atoms with van der Waals surface area (Å²) in [4.78, 5) is 17.2. The summed E-state index contributed by atoms with van der Waals surface area (Å²) in [5.41, 5.74) is 6.20. The van der Waals surface area contributed by atoms with E-state index in [1.807, 2.05) is 0 Å². The summed E-state index contributed by atoms with van der Waals surface area (Å²) in [7, 11) is 0. The highest BCUT2D eigenvalue weighted by Gasteiger charge is 2.43. The summed E-state index contributed by atoms with van der Waals surface area (Å²) in [6.45, 7) is 6.14. The molecular weight excluding hydrogens is 286 g/mol. The van der Waals surface area contributed by atoms with Crippen LogP contribution in [0.5, 0.6) is 0 Å². The summed E-state index contributed by atoms with van der Waals surface area (Å²) >= 11 is 0. The van der Waals surface area contributed by atoms with E-state index in [-0.39, 0.29) is 18.4 Å². The average Bonchev–Trinajstić information content (AvgIpc) is 2.89. The Labute approximate surface area is 134 Å².